The highest BCUT2D eigenvalue weighted by atomic mass is 79.9. The fraction of sp³-hybridized carbons (Fsp3) is 0.200. The van der Waals surface area contributed by atoms with Crippen LogP contribution in [0.15, 0.2) is 43.3 Å². The topological polar surface area (TPSA) is 82.4 Å². The summed E-state index contributed by atoms with van der Waals surface area (Å²) in [6, 6.07) is 7.04. The fourth-order valence-electron chi connectivity index (χ4n) is 1.72. The lowest BCUT2D eigenvalue weighted by atomic mass is 10.2. The van der Waals surface area contributed by atoms with Gasteiger partial charge in [0.1, 0.15) is 23.2 Å². The van der Waals surface area contributed by atoms with Crippen LogP contribution >= 0.6 is 15.9 Å². The Bertz CT molecular complexity index is 724. The molecule has 1 N–H and O–H groups in total. The third-order valence-electron chi connectivity index (χ3n) is 2.75. The van der Waals surface area contributed by atoms with Gasteiger partial charge in [0.2, 0.25) is 5.88 Å². The summed E-state index contributed by atoms with van der Waals surface area (Å²) >= 11 is 3.36. The number of nitrogens with zero attached hydrogens (tertiary/aromatic N) is 2. The second kappa shape index (κ2) is 7.00. The maximum Gasteiger partial charge on any atom is 0.262 e. The molecule has 2 rings (SSSR count). The lowest BCUT2D eigenvalue weighted by Gasteiger charge is -2.07. The Labute approximate surface area is 136 Å². The van der Waals surface area contributed by atoms with Crippen molar-refractivity contribution in [1.82, 2.24) is 5.32 Å². The predicted octanol–water partition coefficient (Wildman–Crippen LogP) is 2.92. The average molecular weight is 364 g/mol. The van der Waals surface area contributed by atoms with E-state index in [-0.39, 0.29) is 12.1 Å². The molecule has 0 unspecified atom stereocenters. The molecule has 0 saturated carbocycles. The zero-order valence-corrected chi connectivity index (χ0v) is 13.7. The third kappa shape index (κ3) is 3.80. The predicted molar refractivity (Wildman–Crippen MR) is 84.9 cm³/mol. The van der Waals surface area contributed by atoms with Crippen LogP contribution < -0.4 is 10.2 Å². The first-order chi connectivity index (χ1) is 10.5. The molecule has 2 heterocycles. The molecule has 2 aromatic rings. The van der Waals surface area contributed by atoms with E-state index in [0.717, 1.165) is 4.47 Å². The molecule has 0 aromatic carbocycles. The van der Waals surface area contributed by atoms with Crippen LogP contribution in [0.1, 0.15) is 11.5 Å². The van der Waals surface area contributed by atoms with Gasteiger partial charge in [-0.05, 0) is 28.1 Å². The van der Waals surface area contributed by atoms with Crippen molar-refractivity contribution in [2.75, 3.05) is 19.0 Å². The van der Waals surface area contributed by atoms with Crippen molar-refractivity contribution in [2.45, 2.75) is 6.54 Å². The monoisotopic (exact) mass is 363 g/mol. The van der Waals surface area contributed by atoms with Crippen LogP contribution in [0.5, 0.6) is 0 Å². The van der Waals surface area contributed by atoms with Crippen LogP contribution in [0, 0.1) is 11.3 Å². The number of nitrogens with one attached hydrogen (secondary N) is 1. The van der Waals surface area contributed by atoms with E-state index in [1.54, 1.807) is 23.1 Å². The summed E-state index contributed by atoms with van der Waals surface area (Å²) in [6.45, 7) is 0.218. The molecule has 0 spiro atoms. The molecule has 6 nitrogen and oxygen atoms in total. The van der Waals surface area contributed by atoms with E-state index in [1.807, 2.05) is 20.2 Å². The molecule has 0 fully saturated rings. The van der Waals surface area contributed by atoms with Crippen LogP contribution in [0.3, 0.4) is 0 Å². The Morgan fingerprint density at radius 2 is 2.32 bits per heavy atom. The second-order valence-electron chi connectivity index (χ2n) is 4.63. The minimum Gasteiger partial charge on any atom is -0.467 e. The van der Waals surface area contributed by atoms with Crippen molar-refractivity contribution in [1.29, 1.82) is 5.26 Å². The highest BCUT2D eigenvalue weighted by Gasteiger charge is 2.13. The van der Waals surface area contributed by atoms with Crippen molar-refractivity contribution in [3.05, 3.63) is 46.0 Å². The summed E-state index contributed by atoms with van der Waals surface area (Å²) in [5.74, 6) is 1.15. The van der Waals surface area contributed by atoms with Crippen LogP contribution in [0.4, 0.5) is 5.88 Å². The molecule has 0 aliphatic heterocycles. The second-order valence-corrected chi connectivity index (χ2v) is 5.48. The van der Waals surface area contributed by atoms with Crippen LogP contribution in [0.25, 0.3) is 6.08 Å². The van der Waals surface area contributed by atoms with E-state index in [0.29, 0.717) is 17.4 Å². The number of hydrogen-bond acceptors (Lipinski definition) is 5. The zero-order chi connectivity index (χ0) is 16.1. The molecule has 0 radical (unpaired) electrons. The van der Waals surface area contributed by atoms with Crippen molar-refractivity contribution >= 4 is 33.8 Å². The molecule has 7 heteroatoms. The summed E-state index contributed by atoms with van der Waals surface area (Å²) in [6.07, 6.45) is 2.92. The molecular weight excluding hydrogens is 350 g/mol. The summed E-state index contributed by atoms with van der Waals surface area (Å²) in [5.41, 5.74) is -0.0434. The van der Waals surface area contributed by atoms with Gasteiger partial charge < -0.3 is 19.1 Å². The van der Waals surface area contributed by atoms with E-state index < -0.39 is 5.91 Å². The molecule has 0 atom stereocenters. The van der Waals surface area contributed by atoms with E-state index >= 15 is 0 Å². The van der Waals surface area contributed by atoms with Crippen LogP contribution in [0.2, 0.25) is 0 Å². The number of rotatable bonds is 5. The van der Waals surface area contributed by atoms with Crippen LogP contribution in [-0.4, -0.2) is 20.0 Å². The maximum atomic E-state index is 12.0. The number of hydrogen-bond donors (Lipinski definition) is 1. The number of carbonyl (C=O) groups is 1. The van der Waals surface area contributed by atoms with Gasteiger partial charge in [-0.3, -0.25) is 4.79 Å². The lowest BCUT2D eigenvalue weighted by molar-refractivity contribution is -0.117. The van der Waals surface area contributed by atoms with Gasteiger partial charge in [0.25, 0.3) is 5.91 Å². The normalized spacial score (nSPS) is 11.1. The highest BCUT2D eigenvalue weighted by molar-refractivity contribution is 9.10. The highest BCUT2D eigenvalue weighted by Crippen LogP contribution is 2.29. The number of furan rings is 2. The lowest BCUT2D eigenvalue weighted by Crippen LogP contribution is -2.23. The molecule has 0 aliphatic carbocycles. The summed E-state index contributed by atoms with van der Waals surface area (Å²) in [7, 11) is 3.66. The average Bonchev–Trinajstić information content (AvgIpc) is 3.11. The molecule has 0 saturated heterocycles. The van der Waals surface area contributed by atoms with E-state index in [9.17, 15) is 4.79 Å². The van der Waals surface area contributed by atoms with E-state index in [4.69, 9.17) is 14.1 Å². The SMILES string of the molecule is CN(C)c1oc(/C=C(/C#N)C(=O)NCc2ccco2)cc1Br. The smallest absolute Gasteiger partial charge is 0.262 e. The van der Waals surface area contributed by atoms with Crippen molar-refractivity contribution in [2.24, 2.45) is 0 Å². The molecule has 22 heavy (non-hydrogen) atoms. The first-order valence-corrected chi connectivity index (χ1v) is 7.19. The number of anilines is 1. The Kier molecular flexibility index (Phi) is 5.07. The first kappa shape index (κ1) is 15.9. The standard InChI is InChI=1S/C15H14BrN3O3/c1-19(2)15-13(16)7-12(22-15)6-10(8-17)14(20)18-9-11-4-3-5-21-11/h3-7H,9H2,1-2H3,(H,18,20)/b10-6-. The van der Waals surface area contributed by atoms with Gasteiger partial charge in [-0.1, -0.05) is 0 Å². The zero-order valence-electron chi connectivity index (χ0n) is 12.1. The summed E-state index contributed by atoms with van der Waals surface area (Å²) in [5, 5.41) is 11.7. The molecule has 1 amide bonds. The Hall–Kier alpha value is -2.46. The van der Waals surface area contributed by atoms with E-state index in [1.165, 1.54) is 12.3 Å². The Balaban J connectivity index is 2.11. The van der Waals surface area contributed by atoms with Gasteiger partial charge in [-0.25, -0.2) is 0 Å². The van der Waals surface area contributed by atoms with Crippen molar-refractivity contribution in [3.63, 3.8) is 0 Å². The van der Waals surface area contributed by atoms with E-state index in [2.05, 4.69) is 21.2 Å². The van der Waals surface area contributed by atoms with Crippen molar-refractivity contribution in [3.8, 4) is 6.07 Å². The quantitative estimate of drug-likeness (QED) is 0.652. The Morgan fingerprint density at radius 1 is 1.55 bits per heavy atom. The minimum atomic E-state index is -0.488. The molecule has 0 bridgehead atoms. The van der Waals surface area contributed by atoms with Gasteiger partial charge in [0.15, 0.2) is 0 Å². The number of nitriles is 1. The van der Waals surface area contributed by atoms with Gasteiger partial charge in [-0.2, -0.15) is 5.26 Å². The third-order valence-corrected chi connectivity index (χ3v) is 3.32. The van der Waals surface area contributed by atoms with Crippen molar-refractivity contribution < 1.29 is 13.6 Å². The summed E-state index contributed by atoms with van der Waals surface area (Å²) < 4.78 is 11.4. The molecule has 114 valence electrons. The van der Waals surface area contributed by atoms with Gasteiger partial charge in [0, 0.05) is 26.2 Å². The largest absolute Gasteiger partial charge is 0.467 e. The maximum absolute atomic E-state index is 12.0. The minimum absolute atomic E-state index is 0.0434. The molecular formula is C15H14BrN3O3. The van der Waals surface area contributed by atoms with Crippen LogP contribution in [-0.2, 0) is 11.3 Å². The summed E-state index contributed by atoms with van der Waals surface area (Å²) in [4.78, 5) is 13.8. The Morgan fingerprint density at radius 3 is 2.86 bits per heavy atom. The number of halogens is 1. The molecule has 0 aliphatic rings. The molecule has 2 aromatic heterocycles. The fourth-order valence-corrected chi connectivity index (χ4v) is 2.38. The number of carbonyl (C=O) groups excluding carboxylic acids is 1. The first-order valence-electron chi connectivity index (χ1n) is 6.40. The van der Waals surface area contributed by atoms with Gasteiger partial charge in [0.05, 0.1) is 17.3 Å². The number of amides is 1. The van der Waals surface area contributed by atoms with Gasteiger partial charge >= 0.3 is 0 Å². The van der Waals surface area contributed by atoms with Gasteiger partial charge in [-0.15, -0.1) is 0 Å².